The summed E-state index contributed by atoms with van der Waals surface area (Å²) in [5.41, 5.74) is 4.76. The third kappa shape index (κ3) is 4.70. The van der Waals surface area contributed by atoms with Crippen molar-refractivity contribution in [3.05, 3.63) is 89.7 Å². The minimum Gasteiger partial charge on any atom is -0.355 e. The van der Waals surface area contributed by atoms with Crippen LogP contribution in [-0.2, 0) is 12.8 Å². The molecule has 26 heavy (non-hydrogen) atoms. The molecule has 1 amide bonds. The molecule has 0 aliphatic rings. The normalized spacial score (nSPS) is 10.3. The van der Waals surface area contributed by atoms with E-state index >= 15 is 0 Å². The number of carbonyl (C=O) groups is 1. The van der Waals surface area contributed by atoms with Crippen LogP contribution in [0.3, 0.4) is 0 Å². The second-order valence-corrected chi connectivity index (χ2v) is 6.06. The molecule has 4 nitrogen and oxygen atoms in total. The zero-order chi connectivity index (χ0) is 18.2. The summed E-state index contributed by atoms with van der Waals surface area (Å²) >= 11 is 0. The van der Waals surface area contributed by atoms with E-state index in [1.807, 2.05) is 42.5 Å². The number of nitrogens with one attached hydrogen (secondary N) is 2. The Morgan fingerprint density at radius 2 is 1.77 bits per heavy atom. The zero-order valence-corrected chi connectivity index (χ0v) is 14.9. The smallest absolute Gasteiger partial charge is 0.269 e. The van der Waals surface area contributed by atoms with Crippen molar-refractivity contribution in [2.45, 2.75) is 19.8 Å². The highest BCUT2D eigenvalue weighted by atomic mass is 16.1. The van der Waals surface area contributed by atoms with Crippen LogP contribution in [-0.4, -0.2) is 17.4 Å². The van der Waals surface area contributed by atoms with Gasteiger partial charge in [0.1, 0.15) is 5.69 Å². The van der Waals surface area contributed by atoms with Gasteiger partial charge >= 0.3 is 0 Å². The molecule has 0 aliphatic heterocycles. The Labute approximate surface area is 154 Å². The molecule has 1 heterocycles. The van der Waals surface area contributed by atoms with Gasteiger partial charge in [0.25, 0.3) is 5.91 Å². The SMILES string of the molecule is CCc1ccccc1Nc1ccnc(C(=O)NCCc2ccccc2)c1. The molecular formula is C22H23N3O. The molecule has 0 spiro atoms. The maximum Gasteiger partial charge on any atom is 0.269 e. The van der Waals surface area contributed by atoms with Gasteiger partial charge in [0.05, 0.1) is 0 Å². The molecule has 132 valence electrons. The van der Waals surface area contributed by atoms with E-state index in [-0.39, 0.29) is 5.91 Å². The lowest BCUT2D eigenvalue weighted by Crippen LogP contribution is -2.26. The molecule has 0 radical (unpaired) electrons. The first-order chi connectivity index (χ1) is 12.8. The van der Waals surface area contributed by atoms with Crippen molar-refractivity contribution < 1.29 is 4.79 Å². The van der Waals surface area contributed by atoms with Gasteiger partial charge in [-0.05, 0) is 42.2 Å². The van der Waals surface area contributed by atoms with Gasteiger partial charge in [0, 0.05) is 24.1 Å². The number of aromatic nitrogens is 1. The van der Waals surface area contributed by atoms with Crippen LogP contribution in [0.1, 0.15) is 28.5 Å². The number of amides is 1. The summed E-state index contributed by atoms with van der Waals surface area (Å²) < 4.78 is 0. The van der Waals surface area contributed by atoms with Gasteiger partial charge in [-0.25, -0.2) is 0 Å². The fourth-order valence-electron chi connectivity index (χ4n) is 2.79. The van der Waals surface area contributed by atoms with Crippen molar-refractivity contribution in [3.63, 3.8) is 0 Å². The molecule has 4 heteroatoms. The second-order valence-electron chi connectivity index (χ2n) is 6.06. The summed E-state index contributed by atoms with van der Waals surface area (Å²) in [5.74, 6) is -0.159. The minimum atomic E-state index is -0.159. The number of hydrogen-bond acceptors (Lipinski definition) is 3. The number of nitrogens with zero attached hydrogens (tertiary/aromatic N) is 1. The summed E-state index contributed by atoms with van der Waals surface area (Å²) in [6, 6.07) is 21.9. The quantitative estimate of drug-likeness (QED) is 0.669. The Morgan fingerprint density at radius 3 is 2.58 bits per heavy atom. The summed E-state index contributed by atoms with van der Waals surface area (Å²) in [7, 11) is 0. The van der Waals surface area contributed by atoms with Crippen LogP contribution in [0, 0.1) is 0 Å². The van der Waals surface area contributed by atoms with Gasteiger partial charge in [0.2, 0.25) is 0 Å². The van der Waals surface area contributed by atoms with E-state index < -0.39 is 0 Å². The fourth-order valence-corrected chi connectivity index (χ4v) is 2.79. The number of rotatable bonds is 7. The average Bonchev–Trinajstić information content (AvgIpc) is 2.69. The molecule has 0 aliphatic carbocycles. The van der Waals surface area contributed by atoms with Crippen LogP contribution in [0.25, 0.3) is 0 Å². The molecule has 3 rings (SSSR count). The number of pyridine rings is 1. The Morgan fingerprint density at radius 1 is 1.00 bits per heavy atom. The first-order valence-corrected chi connectivity index (χ1v) is 8.89. The van der Waals surface area contributed by atoms with E-state index in [4.69, 9.17) is 0 Å². The van der Waals surface area contributed by atoms with E-state index in [0.717, 1.165) is 24.2 Å². The largest absolute Gasteiger partial charge is 0.355 e. The predicted molar refractivity (Wildman–Crippen MR) is 106 cm³/mol. The van der Waals surface area contributed by atoms with Crippen molar-refractivity contribution >= 4 is 17.3 Å². The van der Waals surface area contributed by atoms with Crippen LogP contribution in [0.5, 0.6) is 0 Å². The van der Waals surface area contributed by atoms with E-state index in [0.29, 0.717) is 12.2 Å². The molecule has 0 atom stereocenters. The maximum atomic E-state index is 12.4. The van der Waals surface area contributed by atoms with Gasteiger partial charge in [0.15, 0.2) is 0 Å². The summed E-state index contributed by atoms with van der Waals surface area (Å²) in [5, 5.41) is 6.31. The molecule has 0 unspecified atom stereocenters. The highest BCUT2D eigenvalue weighted by Gasteiger charge is 2.08. The molecule has 3 aromatic rings. The maximum absolute atomic E-state index is 12.4. The van der Waals surface area contributed by atoms with Gasteiger partial charge in [-0.3, -0.25) is 9.78 Å². The number of benzene rings is 2. The summed E-state index contributed by atoms with van der Waals surface area (Å²) in [6.07, 6.45) is 3.40. The number of aryl methyl sites for hydroxylation is 1. The lowest BCUT2D eigenvalue weighted by molar-refractivity contribution is 0.0949. The van der Waals surface area contributed by atoms with E-state index in [1.165, 1.54) is 11.1 Å². The molecule has 0 bridgehead atoms. The van der Waals surface area contributed by atoms with Gasteiger partial charge in [-0.1, -0.05) is 55.5 Å². The molecular weight excluding hydrogens is 322 g/mol. The lowest BCUT2D eigenvalue weighted by atomic mass is 10.1. The zero-order valence-electron chi connectivity index (χ0n) is 14.9. The van der Waals surface area contributed by atoms with Crippen LogP contribution >= 0.6 is 0 Å². The first-order valence-electron chi connectivity index (χ1n) is 8.89. The highest BCUT2D eigenvalue weighted by Crippen LogP contribution is 2.21. The minimum absolute atomic E-state index is 0.159. The summed E-state index contributed by atoms with van der Waals surface area (Å²) in [4.78, 5) is 16.6. The van der Waals surface area contributed by atoms with Crippen molar-refractivity contribution in [1.82, 2.24) is 10.3 Å². The molecule has 0 fully saturated rings. The topological polar surface area (TPSA) is 54.0 Å². The van der Waals surface area contributed by atoms with Crippen molar-refractivity contribution in [2.24, 2.45) is 0 Å². The molecule has 1 aromatic heterocycles. The van der Waals surface area contributed by atoms with Crippen molar-refractivity contribution in [1.29, 1.82) is 0 Å². The van der Waals surface area contributed by atoms with Crippen LogP contribution < -0.4 is 10.6 Å². The lowest BCUT2D eigenvalue weighted by Gasteiger charge is -2.11. The van der Waals surface area contributed by atoms with E-state index in [2.05, 4.69) is 40.7 Å². The van der Waals surface area contributed by atoms with Crippen molar-refractivity contribution in [3.8, 4) is 0 Å². The average molecular weight is 345 g/mol. The molecule has 2 aromatic carbocycles. The number of hydrogen-bond donors (Lipinski definition) is 2. The van der Waals surface area contributed by atoms with Crippen LogP contribution in [0.15, 0.2) is 72.9 Å². The monoisotopic (exact) mass is 345 g/mol. The van der Waals surface area contributed by atoms with Crippen molar-refractivity contribution in [2.75, 3.05) is 11.9 Å². The Balaban J connectivity index is 1.62. The highest BCUT2D eigenvalue weighted by molar-refractivity contribution is 5.93. The third-order valence-electron chi connectivity index (χ3n) is 4.21. The number of para-hydroxylation sites is 1. The van der Waals surface area contributed by atoms with E-state index in [9.17, 15) is 4.79 Å². The van der Waals surface area contributed by atoms with Crippen LogP contribution in [0.2, 0.25) is 0 Å². The standard InChI is InChI=1S/C22H23N3O/c1-2-18-10-6-7-11-20(18)25-19-13-15-23-21(16-19)22(26)24-14-12-17-8-4-3-5-9-17/h3-11,13,15-16H,2,12,14H2,1H3,(H,23,25)(H,24,26). The first kappa shape index (κ1) is 17.7. The number of carbonyl (C=O) groups excluding carboxylic acids is 1. The fraction of sp³-hybridized carbons (Fsp3) is 0.182. The predicted octanol–water partition coefficient (Wildman–Crippen LogP) is 4.36. The Hall–Kier alpha value is -3.14. The Kier molecular flexibility index (Phi) is 5.99. The molecule has 0 saturated heterocycles. The molecule has 0 saturated carbocycles. The van der Waals surface area contributed by atoms with Crippen LogP contribution in [0.4, 0.5) is 11.4 Å². The van der Waals surface area contributed by atoms with Gasteiger partial charge in [-0.2, -0.15) is 0 Å². The third-order valence-corrected chi connectivity index (χ3v) is 4.21. The van der Waals surface area contributed by atoms with Gasteiger partial charge in [-0.15, -0.1) is 0 Å². The number of anilines is 2. The van der Waals surface area contributed by atoms with E-state index in [1.54, 1.807) is 12.3 Å². The van der Waals surface area contributed by atoms with Gasteiger partial charge < -0.3 is 10.6 Å². The molecule has 2 N–H and O–H groups in total. The summed E-state index contributed by atoms with van der Waals surface area (Å²) in [6.45, 7) is 2.71. The second kappa shape index (κ2) is 8.81. The Bertz CT molecular complexity index is 862.